The molecular formula is C52H102N2O6P+. The summed E-state index contributed by atoms with van der Waals surface area (Å²) in [7, 11) is 1.55. The Balaban J connectivity index is 4.10. The van der Waals surface area contributed by atoms with Crippen molar-refractivity contribution in [2.45, 2.75) is 251 Å². The summed E-state index contributed by atoms with van der Waals surface area (Å²) < 4.78 is 23.5. The van der Waals surface area contributed by atoms with E-state index >= 15 is 0 Å². The number of likely N-dealkylation sites (N-methyl/N-ethyl adjacent to an activating group) is 1. The number of phosphoric ester groups is 1. The first kappa shape index (κ1) is 59.7. The number of nitrogens with one attached hydrogen (secondary N) is 1. The van der Waals surface area contributed by atoms with Gasteiger partial charge in [-0.3, -0.25) is 13.8 Å². The Kier molecular flexibility index (Phi) is 43.0. The average Bonchev–Trinajstić information content (AvgIpc) is 3.21. The van der Waals surface area contributed by atoms with Gasteiger partial charge in [-0.1, -0.05) is 224 Å². The Hall–Kier alpha value is -1.28. The molecule has 0 aromatic carbocycles. The van der Waals surface area contributed by atoms with E-state index < -0.39 is 20.0 Å². The Labute approximate surface area is 378 Å². The van der Waals surface area contributed by atoms with Crippen molar-refractivity contribution in [2.24, 2.45) is 0 Å². The Morgan fingerprint density at radius 2 is 0.902 bits per heavy atom. The lowest BCUT2D eigenvalue weighted by atomic mass is 10.0. The maximum atomic E-state index is 12.8. The highest BCUT2D eigenvalue weighted by Crippen LogP contribution is 2.43. The summed E-state index contributed by atoms with van der Waals surface area (Å²) in [5, 5.41) is 13.8. The topological polar surface area (TPSA) is 105 Å². The molecule has 8 nitrogen and oxygen atoms in total. The molecule has 1 amide bonds. The van der Waals surface area contributed by atoms with Crippen LogP contribution in [0.15, 0.2) is 36.5 Å². The first-order valence-corrected chi connectivity index (χ1v) is 27.4. The van der Waals surface area contributed by atoms with E-state index in [9.17, 15) is 19.4 Å². The second-order valence-corrected chi connectivity index (χ2v) is 20.3. The van der Waals surface area contributed by atoms with Crippen molar-refractivity contribution in [1.29, 1.82) is 0 Å². The molecule has 0 aliphatic heterocycles. The van der Waals surface area contributed by atoms with Crippen LogP contribution in [-0.2, 0) is 18.4 Å². The van der Waals surface area contributed by atoms with Gasteiger partial charge in [0.05, 0.1) is 39.9 Å². The minimum Gasteiger partial charge on any atom is -0.387 e. The van der Waals surface area contributed by atoms with Gasteiger partial charge in [-0.2, -0.15) is 0 Å². The van der Waals surface area contributed by atoms with Crippen LogP contribution in [0.2, 0.25) is 0 Å². The number of phosphoric acid groups is 1. The van der Waals surface area contributed by atoms with Gasteiger partial charge in [-0.05, 0) is 44.9 Å². The van der Waals surface area contributed by atoms with Crippen LogP contribution in [0.25, 0.3) is 0 Å². The summed E-state index contributed by atoms with van der Waals surface area (Å²) in [6.45, 7) is 4.76. The number of rotatable bonds is 47. The van der Waals surface area contributed by atoms with E-state index in [1.54, 1.807) is 6.08 Å². The van der Waals surface area contributed by atoms with Crippen LogP contribution in [0.4, 0.5) is 0 Å². The molecule has 0 aliphatic carbocycles. The summed E-state index contributed by atoms with van der Waals surface area (Å²) in [4.78, 5) is 23.0. The minimum atomic E-state index is -4.34. The number of aliphatic hydroxyl groups excluding tert-OH is 1. The Morgan fingerprint density at radius 1 is 0.541 bits per heavy atom. The van der Waals surface area contributed by atoms with Gasteiger partial charge >= 0.3 is 7.82 Å². The van der Waals surface area contributed by atoms with Crippen molar-refractivity contribution < 1.29 is 32.9 Å². The van der Waals surface area contributed by atoms with Gasteiger partial charge < -0.3 is 19.8 Å². The second kappa shape index (κ2) is 43.9. The smallest absolute Gasteiger partial charge is 0.387 e. The predicted octanol–water partition coefficient (Wildman–Crippen LogP) is 15.0. The molecule has 3 atom stereocenters. The van der Waals surface area contributed by atoms with Gasteiger partial charge in [0, 0.05) is 6.42 Å². The van der Waals surface area contributed by atoms with Gasteiger partial charge in [-0.15, -0.1) is 0 Å². The van der Waals surface area contributed by atoms with E-state index in [0.29, 0.717) is 17.4 Å². The molecule has 0 saturated carbocycles. The molecule has 0 aromatic heterocycles. The third-order valence-corrected chi connectivity index (χ3v) is 12.6. The highest BCUT2D eigenvalue weighted by molar-refractivity contribution is 7.47. The van der Waals surface area contributed by atoms with Gasteiger partial charge in [-0.25, -0.2) is 4.57 Å². The average molecular weight is 882 g/mol. The Bertz CT molecular complexity index is 1090. The molecule has 360 valence electrons. The number of unbranched alkanes of at least 4 members (excludes halogenated alkanes) is 30. The normalized spacial score (nSPS) is 14.4. The van der Waals surface area contributed by atoms with E-state index in [2.05, 4.69) is 43.5 Å². The van der Waals surface area contributed by atoms with Crippen LogP contribution in [0.1, 0.15) is 239 Å². The van der Waals surface area contributed by atoms with E-state index in [4.69, 9.17) is 9.05 Å². The molecule has 0 bridgehead atoms. The fourth-order valence-corrected chi connectivity index (χ4v) is 8.22. The van der Waals surface area contributed by atoms with Crippen molar-refractivity contribution in [3.05, 3.63) is 36.5 Å². The molecule has 0 rings (SSSR count). The van der Waals surface area contributed by atoms with Crippen molar-refractivity contribution in [2.75, 3.05) is 40.9 Å². The van der Waals surface area contributed by atoms with E-state index in [1.165, 1.54) is 173 Å². The molecule has 0 radical (unpaired) electrons. The maximum Gasteiger partial charge on any atom is 0.472 e. The summed E-state index contributed by atoms with van der Waals surface area (Å²) in [5.41, 5.74) is 0. The number of hydrogen-bond donors (Lipinski definition) is 3. The molecule has 3 N–H and O–H groups in total. The number of hydrogen-bond acceptors (Lipinski definition) is 5. The van der Waals surface area contributed by atoms with Crippen molar-refractivity contribution in [3.63, 3.8) is 0 Å². The zero-order chi connectivity index (χ0) is 45.0. The summed E-state index contributed by atoms with van der Waals surface area (Å²) in [6.07, 6.45) is 55.6. The lowest BCUT2D eigenvalue weighted by Gasteiger charge is -2.25. The minimum absolute atomic E-state index is 0.0543. The third kappa shape index (κ3) is 46.5. The van der Waals surface area contributed by atoms with Crippen LogP contribution in [0.5, 0.6) is 0 Å². The van der Waals surface area contributed by atoms with E-state index in [0.717, 1.165) is 44.9 Å². The maximum absolute atomic E-state index is 12.8. The standard InChI is InChI=1S/C52H101N2O6P/c1-6-8-10-12-14-16-17-18-19-20-21-22-23-24-25-26-27-28-29-30-31-32-33-34-35-36-37-38-39-41-43-45-51(55)50(49-60-61(57,58)59-48-47-54(3,4)5)53-52(56)46-44-42-40-15-13-11-9-7-2/h33-34,37-38,43,45,50-51,55H,6-32,35-36,39-42,44,46-49H2,1-5H3,(H-,53,56,57,58)/p+1/b34-33+,38-37+,45-43+. The molecule has 0 saturated heterocycles. The highest BCUT2D eigenvalue weighted by atomic mass is 31.2. The largest absolute Gasteiger partial charge is 0.472 e. The van der Waals surface area contributed by atoms with Gasteiger partial charge in [0.15, 0.2) is 0 Å². The monoisotopic (exact) mass is 882 g/mol. The molecule has 0 aromatic rings. The number of carbonyl (C=O) groups is 1. The third-order valence-electron chi connectivity index (χ3n) is 11.6. The van der Waals surface area contributed by atoms with Crippen molar-refractivity contribution in [1.82, 2.24) is 5.32 Å². The fraction of sp³-hybridized carbons (Fsp3) is 0.865. The van der Waals surface area contributed by atoms with Gasteiger partial charge in [0.2, 0.25) is 5.91 Å². The SMILES string of the molecule is CCCCCCCCCCCCCCCCCCCCCCC/C=C/CC/C=C/CC/C=C/C(O)C(COP(=O)(O)OCC[N+](C)(C)C)NC(=O)CCCCCCCCCC. The van der Waals surface area contributed by atoms with Crippen LogP contribution < -0.4 is 5.32 Å². The zero-order valence-electron chi connectivity index (χ0n) is 40.9. The number of amides is 1. The number of carbonyl (C=O) groups excluding carboxylic acids is 1. The molecule has 3 unspecified atom stereocenters. The van der Waals surface area contributed by atoms with Crippen LogP contribution in [-0.4, -0.2) is 73.4 Å². The molecule has 61 heavy (non-hydrogen) atoms. The first-order chi connectivity index (χ1) is 29.5. The number of allylic oxidation sites excluding steroid dienone is 5. The van der Waals surface area contributed by atoms with Crippen LogP contribution in [0.3, 0.4) is 0 Å². The predicted molar refractivity (Wildman–Crippen MR) is 263 cm³/mol. The van der Waals surface area contributed by atoms with Gasteiger partial charge in [0.25, 0.3) is 0 Å². The fourth-order valence-electron chi connectivity index (χ4n) is 7.49. The lowest BCUT2D eigenvalue weighted by molar-refractivity contribution is -0.870. The first-order valence-electron chi connectivity index (χ1n) is 25.9. The molecule has 9 heteroatoms. The zero-order valence-corrected chi connectivity index (χ0v) is 41.8. The van der Waals surface area contributed by atoms with E-state index in [1.807, 2.05) is 27.2 Å². The highest BCUT2D eigenvalue weighted by Gasteiger charge is 2.27. The molecule has 0 spiro atoms. The molecule has 0 heterocycles. The van der Waals surface area contributed by atoms with Crippen molar-refractivity contribution >= 4 is 13.7 Å². The molecular weight excluding hydrogens is 780 g/mol. The number of nitrogens with zero attached hydrogens (tertiary/aromatic N) is 1. The summed E-state index contributed by atoms with van der Waals surface area (Å²) >= 11 is 0. The Morgan fingerprint density at radius 3 is 1.31 bits per heavy atom. The number of aliphatic hydroxyl groups is 1. The van der Waals surface area contributed by atoms with E-state index in [-0.39, 0.29) is 19.1 Å². The van der Waals surface area contributed by atoms with Gasteiger partial charge in [0.1, 0.15) is 13.2 Å². The second-order valence-electron chi connectivity index (χ2n) is 18.9. The van der Waals surface area contributed by atoms with Crippen LogP contribution >= 0.6 is 7.82 Å². The number of quaternary nitrogens is 1. The van der Waals surface area contributed by atoms with Crippen LogP contribution in [0, 0.1) is 0 Å². The van der Waals surface area contributed by atoms with Crippen molar-refractivity contribution in [3.8, 4) is 0 Å². The lowest BCUT2D eigenvalue weighted by Crippen LogP contribution is -2.45. The molecule has 0 fully saturated rings. The quantitative estimate of drug-likeness (QED) is 0.0243. The summed E-state index contributed by atoms with van der Waals surface area (Å²) in [5.74, 6) is -0.196. The summed E-state index contributed by atoms with van der Waals surface area (Å²) in [6, 6.07) is -0.865. The molecule has 0 aliphatic rings.